The number of rotatable bonds is 6. The summed E-state index contributed by atoms with van der Waals surface area (Å²) in [5, 5.41) is 3.54. The highest BCUT2D eigenvalue weighted by molar-refractivity contribution is 7.89. The van der Waals surface area contributed by atoms with Crippen molar-refractivity contribution in [3.05, 3.63) is 34.9 Å². The Morgan fingerprint density at radius 1 is 1.25 bits per heavy atom. The Labute approximate surface area is 147 Å². The first-order valence-corrected chi connectivity index (χ1v) is 10.2. The molecule has 0 spiro atoms. The fourth-order valence-corrected chi connectivity index (χ4v) is 4.53. The SMILES string of the molecule is O=C(c1ccccc1Cl)N(CCS(=O)(=O)N1CCNCC1)C1CC1. The van der Waals surface area contributed by atoms with Crippen molar-refractivity contribution in [3.63, 3.8) is 0 Å². The normalized spacial score (nSPS) is 19.2. The van der Waals surface area contributed by atoms with Gasteiger partial charge in [0.1, 0.15) is 0 Å². The van der Waals surface area contributed by atoms with E-state index < -0.39 is 10.0 Å². The lowest BCUT2D eigenvalue weighted by atomic mass is 10.2. The van der Waals surface area contributed by atoms with Gasteiger partial charge in [-0.15, -0.1) is 0 Å². The smallest absolute Gasteiger partial charge is 0.255 e. The van der Waals surface area contributed by atoms with Gasteiger partial charge in [0, 0.05) is 38.8 Å². The topological polar surface area (TPSA) is 69.7 Å². The van der Waals surface area contributed by atoms with Gasteiger partial charge in [-0.05, 0) is 25.0 Å². The average molecular weight is 372 g/mol. The number of piperazine rings is 1. The molecule has 0 bridgehead atoms. The molecule has 1 saturated carbocycles. The number of amides is 1. The molecule has 8 heteroatoms. The molecule has 3 rings (SSSR count). The van der Waals surface area contributed by atoms with Crippen LogP contribution in [0, 0.1) is 0 Å². The molecule has 24 heavy (non-hydrogen) atoms. The zero-order valence-corrected chi connectivity index (χ0v) is 15.0. The third-order valence-electron chi connectivity index (χ3n) is 4.41. The molecule has 1 heterocycles. The van der Waals surface area contributed by atoms with E-state index in [1.165, 1.54) is 4.31 Å². The molecule has 0 aromatic heterocycles. The van der Waals surface area contributed by atoms with Gasteiger partial charge in [-0.1, -0.05) is 23.7 Å². The van der Waals surface area contributed by atoms with Crippen LogP contribution in [-0.4, -0.2) is 68.0 Å². The number of halogens is 1. The summed E-state index contributed by atoms with van der Waals surface area (Å²) in [4.78, 5) is 14.4. The van der Waals surface area contributed by atoms with Gasteiger partial charge >= 0.3 is 0 Å². The molecule has 1 aliphatic carbocycles. The lowest BCUT2D eigenvalue weighted by Crippen LogP contribution is -2.48. The number of hydrogen-bond donors (Lipinski definition) is 1. The van der Waals surface area contributed by atoms with Crippen LogP contribution in [0.4, 0.5) is 0 Å². The molecule has 1 aromatic rings. The Hall–Kier alpha value is -1.15. The Balaban J connectivity index is 1.68. The van der Waals surface area contributed by atoms with Gasteiger partial charge in [0.2, 0.25) is 10.0 Å². The number of sulfonamides is 1. The van der Waals surface area contributed by atoms with E-state index >= 15 is 0 Å². The number of benzene rings is 1. The van der Waals surface area contributed by atoms with Gasteiger partial charge in [0.05, 0.1) is 16.3 Å². The van der Waals surface area contributed by atoms with E-state index in [1.54, 1.807) is 29.2 Å². The van der Waals surface area contributed by atoms with Crippen LogP contribution in [0.2, 0.25) is 5.02 Å². The van der Waals surface area contributed by atoms with Gasteiger partial charge in [-0.2, -0.15) is 4.31 Å². The van der Waals surface area contributed by atoms with Gasteiger partial charge < -0.3 is 10.2 Å². The number of hydrogen-bond acceptors (Lipinski definition) is 4. The molecule has 1 amide bonds. The molecular formula is C16H22ClN3O3S. The van der Waals surface area contributed by atoms with Crippen molar-refractivity contribution in [2.24, 2.45) is 0 Å². The van der Waals surface area contributed by atoms with E-state index in [4.69, 9.17) is 11.6 Å². The standard InChI is InChI=1S/C16H22ClN3O3S/c17-15-4-2-1-3-14(15)16(21)20(13-5-6-13)11-12-24(22,23)19-9-7-18-8-10-19/h1-4,13,18H,5-12H2. The molecule has 2 fully saturated rings. The molecule has 0 atom stereocenters. The Morgan fingerprint density at radius 3 is 2.54 bits per heavy atom. The predicted octanol–water partition coefficient (Wildman–Crippen LogP) is 1.18. The minimum atomic E-state index is -3.34. The molecule has 1 aliphatic heterocycles. The molecule has 6 nitrogen and oxygen atoms in total. The van der Waals surface area contributed by atoms with E-state index in [0.29, 0.717) is 36.8 Å². The number of carbonyl (C=O) groups is 1. The molecule has 132 valence electrons. The van der Waals surface area contributed by atoms with Gasteiger partial charge in [0.25, 0.3) is 5.91 Å². The summed E-state index contributed by atoms with van der Waals surface area (Å²) in [5.41, 5.74) is 0.436. The van der Waals surface area contributed by atoms with Crippen molar-refractivity contribution in [3.8, 4) is 0 Å². The van der Waals surface area contributed by atoms with Gasteiger partial charge in [-0.3, -0.25) is 4.79 Å². The van der Waals surface area contributed by atoms with E-state index in [1.807, 2.05) is 0 Å². The zero-order chi connectivity index (χ0) is 17.2. The Morgan fingerprint density at radius 2 is 1.92 bits per heavy atom. The van der Waals surface area contributed by atoms with Crippen molar-refractivity contribution in [2.75, 3.05) is 38.5 Å². The summed E-state index contributed by atoms with van der Waals surface area (Å²) in [5.74, 6) is -0.224. The lowest BCUT2D eigenvalue weighted by molar-refractivity contribution is 0.0753. The maximum absolute atomic E-state index is 12.8. The van der Waals surface area contributed by atoms with E-state index in [-0.39, 0.29) is 24.2 Å². The van der Waals surface area contributed by atoms with Gasteiger partial charge in [-0.25, -0.2) is 8.42 Å². The van der Waals surface area contributed by atoms with Crippen LogP contribution in [0.25, 0.3) is 0 Å². The average Bonchev–Trinajstić information content (AvgIpc) is 3.41. The first kappa shape index (κ1) is 17.7. The van der Waals surface area contributed by atoms with Crippen molar-refractivity contribution >= 4 is 27.5 Å². The van der Waals surface area contributed by atoms with Crippen LogP contribution >= 0.6 is 11.6 Å². The molecule has 0 radical (unpaired) electrons. The van der Waals surface area contributed by atoms with Gasteiger partial charge in [0.15, 0.2) is 0 Å². The van der Waals surface area contributed by atoms with Crippen LogP contribution in [0.5, 0.6) is 0 Å². The number of carbonyl (C=O) groups excluding carboxylic acids is 1. The minimum Gasteiger partial charge on any atom is -0.335 e. The number of nitrogens with zero attached hydrogens (tertiary/aromatic N) is 2. The predicted molar refractivity (Wildman–Crippen MR) is 93.7 cm³/mol. The second-order valence-electron chi connectivity index (χ2n) is 6.17. The van der Waals surface area contributed by atoms with E-state index in [2.05, 4.69) is 5.32 Å². The highest BCUT2D eigenvalue weighted by Gasteiger charge is 2.35. The molecule has 1 saturated heterocycles. The maximum atomic E-state index is 12.8. The fraction of sp³-hybridized carbons (Fsp3) is 0.562. The monoisotopic (exact) mass is 371 g/mol. The quantitative estimate of drug-likeness (QED) is 0.815. The highest BCUT2D eigenvalue weighted by Crippen LogP contribution is 2.29. The first-order valence-electron chi connectivity index (χ1n) is 8.23. The summed E-state index contributed by atoms with van der Waals surface area (Å²) < 4.78 is 26.5. The molecule has 1 aromatic carbocycles. The second kappa shape index (κ2) is 7.39. The fourth-order valence-electron chi connectivity index (χ4n) is 2.89. The third kappa shape index (κ3) is 4.08. The van der Waals surface area contributed by atoms with Crippen molar-refractivity contribution in [1.82, 2.24) is 14.5 Å². The summed E-state index contributed by atoms with van der Waals surface area (Å²) >= 11 is 6.12. The van der Waals surface area contributed by atoms with Crippen molar-refractivity contribution < 1.29 is 13.2 Å². The van der Waals surface area contributed by atoms with E-state index in [9.17, 15) is 13.2 Å². The van der Waals surface area contributed by atoms with Crippen molar-refractivity contribution in [2.45, 2.75) is 18.9 Å². The molecule has 0 unspecified atom stereocenters. The third-order valence-corrected chi connectivity index (χ3v) is 6.59. The zero-order valence-electron chi connectivity index (χ0n) is 13.4. The summed E-state index contributed by atoms with van der Waals surface area (Å²) in [7, 11) is -3.34. The second-order valence-corrected chi connectivity index (χ2v) is 8.67. The molecule has 1 N–H and O–H groups in total. The summed E-state index contributed by atoms with van der Waals surface area (Å²) in [6.45, 7) is 2.53. The Bertz CT molecular complexity index is 700. The van der Waals surface area contributed by atoms with Crippen molar-refractivity contribution in [1.29, 1.82) is 0 Å². The van der Waals surface area contributed by atoms with E-state index in [0.717, 1.165) is 12.8 Å². The lowest BCUT2D eigenvalue weighted by Gasteiger charge is -2.28. The first-order chi connectivity index (χ1) is 11.5. The van der Waals surface area contributed by atoms with Crippen LogP contribution in [0.15, 0.2) is 24.3 Å². The molecule has 2 aliphatic rings. The van der Waals surface area contributed by atoms with Crippen LogP contribution in [-0.2, 0) is 10.0 Å². The summed E-state index contributed by atoms with van der Waals surface area (Å²) in [6, 6.07) is 7.03. The molecular weight excluding hydrogens is 350 g/mol. The minimum absolute atomic E-state index is 0.0420. The maximum Gasteiger partial charge on any atom is 0.255 e. The number of nitrogens with one attached hydrogen (secondary N) is 1. The van der Waals surface area contributed by atoms with Crippen LogP contribution in [0.1, 0.15) is 23.2 Å². The highest BCUT2D eigenvalue weighted by atomic mass is 35.5. The largest absolute Gasteiger partial charge is 0.335 e. The summed E-state index contributed by atoms with van der Waals surface area (Å²) in [6.07, 6.45) is 1.84. The van der Waals surface area contributed by atoms with Crippen LogP contribution in [0.3, 0.4) is 0 Å². The van der Waals surface area contributed by atoms with Crippen LogP contribution < -0.4 is 5.32 Å². The Kier molecular flexibility index (Phi) is 5.44.